The summed E-state index contributed by atoms with van der Waals surface area (Å²) < 4.78 is 44.7. The molecule has 2 aromatic carbocycles. The molecule has 0 spiro atoms. The number of aliphatic hydroxyl groups is 1. The number of fused-ring (bicyclic) bond motifs is 1. The van der Waals surface area contributed by atoms with Crippen molar-refractivity contribution in [3.8, 4) is 5.75 Å². The molecule has 1 aliphatic rings. The number of nitrogens with one attached hydrogen (secondary N) is 1. The third kappa shape index (κ3) is 6.26. The highest BCUT2D eigenvalue weighted by atomic mass is 19.4. The van der Waals surface area contributed by atoms with Crippen LogP contribution in [0.2, 0.25) is 0 Å². The highest BCUT2D eigenvalue weighted by Gasteiger charge is 2.49. The highest BCUT2D eigenvalue weighted by Crippen LogP contribution is 2.33. The summed E-state index contributed by atoms with van der Waals surface area (Å²) in [6.07, 6.45) is -7.27. The van der Waals surface area contributed by atoms with E-state index in [9.17, 15) is 32.7 Å². The molecule has 10 nitrogen and oxygen atoms in total. The maximum absolute atomic E-state index is 13.2. The van der Waals surface area contributed by atoms with E-state index < -0.39 is 42.0 Å². The van der Waals surface area contributed by atoms with Crippen molar-refractivity contribution in [2.45, 2.75) is 44.7 Å². The van der Waals surface area contributed by atoms with Gasteiger partial charge in [-0.1, -0.05) is 18.2 Å². The van der Waals surface area contributed by atoms with Gasteiger partial charge in [-0.25, -0.2) is 10.3 Å². The third-order valence-electron chi connectivity index (χ3n) is 6.29. The van der Waals surface area contributed by atoms with Crippen LogP contribution in [0.4, 0.5) is 13.2 Å². The zero-order chi connectivity index (χ0) is 28.3. The number of nitrogens with zero attached hydrogens (tertiary/aromatic N) is 2. The fourth-order valence-corrected chi connectivity index (χ4v) is 4.51. The number of aryl methyl sites for hydroxylation is 1. The number of pyridine rings is 1. The van der Waals surface area contributed by atoms with E-state index in [-0.39, 0.29) is 30.1 Å². The fraction of sp³-hybridized carbons (Fsp3) is 0.308. The number of para-hydroxylation sites is 1. The molecule has 3 N–H and O–H groups in total. The maximum Gasteiger partial charge on any atom is 0.493 e. The Morgan fingerprint density at radius 2 is 1.79 bits per heavy atom. The summed E-state index contributed by atoms with van der Waals surface area (Å²) in [5, 5.41) is 20.0. The Balaban J connectivity index is 1.55. The van der Waals surface area contributed by atoms with Crippen LogP contribution in [0, 0.1) is 12.8 Å². The number of carbonyl (C=O) groups excluding carboxylic acids is 3. The first-order valence-electron chi connectivity index (χ1n) is 11.8. The molecule has 1 heterocycles. The predicted octanol–water partition coefficient (Wildman–Crippen LogP) is 3.23. The van der Waals surface area contributed by atoms with Crippen LogP contribution >= 0.6 is 0 Å². The van der Waals surface area contributed by atoms with E-state index in [1.165, 1.54) is 29.7 Å². The Labute approximate surface area is 219 Å². The number of alkyl halides is 3. The number of ether oxygens (including phenoxy) is 1. The third-order valence-corrected chi connectivity index (χ3v) is 6.29. The molecular weight excluding hydrogens is 523 g/mol. The topological polar surface area (TPSA) is 138 Å². The number of benzene rings is 2. The lowest BCUT2D eigenvalue weighted by Gasteiger charge is -2.30. The Hall–Kier alpha value is -4.23. The second-order valence-electron chi connectivity index (χ2n) is 9.04. The molecule has 0 radical (unpaired) electrons. The number of hydroxylamine groups is 3. The summed E-state index contributed by atoms with van der Waals surface area (Å²) in [5.74, 6) is -5.89. The van der Waals surface area contributed by atoms with E-state index in [2.05, 4.69) is 9.82 Å². The molecule has 1 fully saturated rings. The van der Waals surface area contributed by atoms with Crippen molar-refractivity contribution in [1.29, 1.82) is 0 Å². The van der Waals surface area contributed by atoms with Gasteiger partial charge in [0, 0.05) is 22.2 Å². The van der Waals surface area contributed by atoms with Crippen LogP contribution in [0.15, 0.2) is 54.6 Å². The molecule has 206 valence electrons. The summed E-state index contributed by atoms with van der Waals surface area (Å²) >= 11 is 0. The number of amides is 2. The number of aromatic nitrogens is 1. The second-order valence-corrected chi connectivity index (χ2v) is 9.04. The average molecular weight is 547 g/mol. The minimum absolute atomic E-state index is 0.133. The number of aliphatic hydroxyl groups excluding tert-OH is 1. The Kier molecular flexibility index (Phi) is 8.02. The summed E-state index contributed by atoms with van der Waals surface area (Å²) in [7, 11) is 0. The largest absolute Gasteiger partial charge is 0.493 e. The monoisotopic (exact) mass is 547 g/mol. The molecule has 0 unspecified atom stereocenters. The van der Waals surface area contributed by atoms with Crippen molar-refractivity contribution in [3.05, 3.63) is 71.4 Å². The van der Waals surface area contributed by atoms with E-state index in [4.69, 9.17) is 9.94 Å². The van der Waals surface area contributed by atoms with Crippen LogP contribution in [-0.4, -0.2) is 56.5 Å². The number of carbonyl (C=O) groups is 3. The van der Waals surface area contributed by atoms with Gasteiger partial charge in [-0.3, -0.25) is 19.8 Å². The van der Waals surface area contributed by atoms with E-state index in [0.717, 1.165) is 22.2 Å². The van der Waals surface area contributed by atoms with Gasteiger partial charge in [-0.15, -0.1) is 0 Å². The van der Waals surface area contributed by atoms with Crippen LogP contribution < -0.4 is 10.2 Å². The van der Waals surface area contributed by atoms with Gasteiger partial charge in [0.05, 0.1) is 23.6 Å². The molecule has 1 saturated carbocycles. The summed E-state index contributed by atoms with van der Waals surface area (Å²) in [6, 6.07) is 13.3. The zero-order valence-corrected chi connectivity index (χ0v) is 20.5. The lowest BCUT2D eigenvalue weighted by Crippen LogP contribution is -2.49. The highest BCUT2D eigenvalue weighted by molar-refractivity contribution is 5.95. The summed E-state index contributed by atoms with van der Waals surface area (Å²) in [4.78, 5) is 45.7. The lowest BCUT2D eigenvalue weighted by molar-refractivity contribution is -0.235. The fourth-order valence-electron chi connectivity index (χ4n) is 4.51. The number of rotatable bonds is 6. The van der Waals surface area contributed by atoms with Crippen molar-refractivity contribution in [2.24, 2.45) is 5.92 Å². The van der Waals surface area contributed by atoms with Crippen molar-refractivity contribution < 1.29 is 47.4 Å². The Morgan fingerprint density at radius 1 is 1.10 bits per heavy atom. The number of hydrogen-bond acceptors (Lipinski definition) is 8. The number of hydrogen-bond donors (Lipinski definition) is 3. The lowest BCUT2D eigenvalue weighted by atomic mass is 10.0. The van der Waals surface area contributed by atoms with E-state index in [0.29, 0.717) is 5.75 Å². The molecule has 2 amide bonds. The molecule has 1 aromatic heterocycles. The Morgan fingerprint density at radius 3 is 2.46 bits per heavy atom. The molecular formula is C26H24F3N3O7. The molecule has 0 saturated heterocycles. The average Bonchev–Trinajstić information content (AvgIpc) is 3.30. The molecule has 13 heteroatoms. The zero-order valence-electron chi connectivity index (χ0n) is 20.5. The second kappa shape index (κ2) is 11.3. The smallest absolute Gasteiger partial charge is 0.489 e. The summed E-state index contributed by atoms with van der Waals surface area (Å²) in [6.45, 7) is 2.02. The van der Waals surface area contributed by atoms with Crippen LogP contribution in [-0.2, 0) is 21.0 Å². The van der Waals surface area contributed by atoms with Crippen LogP contribution in [0.5, 0.6) is 5.75 Å². The normalized spacial score (nSPS) is 19.0. The van der Waals surface area contributed by atoms with Gasteiger partial charge in [-0.05, 0) is 56.2 Å². The number of halogens is 3. The summed E-state index contributed by atoms with van der Waals surface area (Å²) in [5.41, 5.74) is 3.65. The van der Waals surface area contributed by atoms with Crippen LogP contribution in [0.1, 0.15) is 34.5 Å². The minimum Gasteiger partial charge on any atom is -0.489 e. The van der Waals surface area contributed by atoms with Gasteiger partial charge in [0.25, 0.3) is 5.91 Å². The Bertz CT molecular complexity index is 1380. The molecule has 0 bridgehead atoms. The maximum atomic E-state index is 13.2. The molecule has 0 aliphatic heterocycles. The van der Waals surface area contributed by atoms with Crippen LogP contribution in [0.3, 0.4) is 0 Å². The van der Waals surface area contributed by atoms with Crippen molar-refractivity contribution in [1.82, 2.24) is 15.5 Å². The van der Waals surface area contributed by atoms with Gasteiger partial charge in [0.1, 0.15) is 12.4 Å². The molecule has 1 aliphatic carbocycles. The first kappa shape index (κ1) is 27.8. The first-order valence-corrected chi connectivity index (χ1v) is 11.8. The molecule has 4 rings (SSSR count). The van der Waals surface area contributed by atoms with E-state index in [1.807, 2.05) is 37.3 Å². The van der Waals surface area contributed by atoms with Gasteiger partial charge in [0.2, 0.25) is 5.91 Å². The predicted molar refractivity (Wildman–Crippen MR) is 128 cm³/mol. The van der Waals surface area contributed by atoms with Gasteiger partial charge in [-0.2, -0.15) is 18.2 Å². The van der Waals surface area contributed by atoms with Crippen molar-refractivity contribution in [3.63, 3.8) is 0 Å². The quantitative estimate of drug-likeness (QED) is 0.316. The van der Waals surface area contributed by atoms with E-state index >= 15 is 0 Å². The molecule has 39 heavy (non-hydrogen) atoms. The van der Waals surface area contributed by atoms with Gasteiger partial charge >= 0.3 is 12.1 Å². The molecule has 3 atom stereocenters. The van der Waals surface area contributed by atoms with Crippen molar-refractivity contribution >= 4 is 28.7 Å². The van der Waals surface area contributed by atoms with Crippen LogP contribution in [0.25, 0.3) is 10.9 Å². The SMILES string of the molecule is Cc1cc(COc2ccc(C(=O)N(OC(=O)C(F)(F)F)[C@@H]3C[C@@H](O)C[C@@H]3C(=O)NO)cc2)c2ccccc2n1. The molecule has 3 aromatic rings. The minimum atomic E-state index is -5.43. The van der Waals surface area contributed by atoms with Gasteiger partial charge in [0.15, 0.2) is 0 Å². The van der Waals surface area contributed by atoms with Crippen molar-refractivity contribution in [2.75, 3.05) is 0 Å². The standard InChI is InChI=1S/C26H24F3N3O7/c1-14-10-16(19-4-2-3-5-21(19)30-14)13-38-18-8-6-15(7-9-18)24(35)32(39-25(36)26(27,28)29)22-12-17(33)11-20(22)23(34)31-37/h2-10,17,20,22,33,37H,11-13H2,1H3,(H,31,34)/t17-,20-,22+/m0/s1. The van der Waals surface area contributed by atoms with Gasteiger partial charge < -0.3 is 14.7 Å². The van der Waals surface area contributed by atoms with E-state index in [1.54, 1.807) is 0 Å². The first-order chi connectivity index (χ1) is 18.5.